The summed E-state index contributed by atoms with van der Waals surface area (Å²) >= 11 is 0. The predicted octanol–water partition coefficient (Wildman–Crippen LogP) is 4.69. The third kappa shape index (κ3) is 2.51. The molecule has 3 nitrogen and oxygen atoms in total. The maximum atomic E-state index is 13.2. The molecule has 27 heavy (non-hydrogen) atoms. The van der Waals surface area contributed by atoms with E-state index in [1.807, 2.05) is 6.07 Å². The van der Waals surface area contributed by atoms with Gasteiger partial charge < -0.3 is 9.64 Å². The summed E-state index contributed by atoms with van der Waals surface area (Å²) in [5.41, 5.74) is 3.87. The van der Waals surface area contributed by atoms with E-state index in [2.05, 4.69) is 47.4 Å². The van der Waals surface area contributed by atoms with E-state index in [4.69, 9.17) is 4.74 Å². The van der Waals surface area contributed by atoms with Crippen LogP contribution in [0.2, 0.25) is 0 Å². The van der Waals surface area contributed by atoms with Crippen LogP contribution in [0.4, 0.5) is 0 Å². The molecular weight excluding hydrogens is 334 g/mol. The molecule has 2 aliphatic carbocycles. The van der Waals surface area contributed by atoms with Gasteiger partial charge in [-0.3, -0.25) is 4.79 Å². The lowest BCUT2D eigenvalue weighted by atomic mass is 9.54. The van der Waals surface area contributed by atoms with Crippen molar-refractivity contribution in [2.45, 2.75) is 50.6 Å². The Bertz CT molecular complexity index is 862. The minimum absolute atomic E-state index is 0.131. The van der Waals surface area contributed by atoms with Crippen molar-refractivity contribution in [2.75, 3.05) is 7.11 Å². The summed E-state index contributed by atoms with van der Waals surface area (Å²) in [6.45, 7) is 0.717. The van der Waals surface area contributed by atoms with Crippen molar-refractivity contribution in [1.29, 1.82) is 0 Å². The highest BCUT2D eigenvalue weighted by Gasteiger charge is 2.57. The van der Waals surface area contributed by atoms with Crippen molar-refractivity contribution in [3.63, 3.8) is 0 Å². The highest BCUT2D eigenvalue weighted by molar-refractivity contribution is 5.79. The average Bonchev–Trinajstić information content (AvgIpc) is 2.70. The van der Waals surface area contributed by atoms with Gasteiger partial charge in [-0.2, -0.15) is 0 Å². The number of benzene rings is 2. The summed E-state index contributed by atoms with van der Waals surface area (Å²) in [5.74, 6) is 2.52. The summed E-state index contributed by atoms with van der Waals surface area (Å²) in [7, 11) is 1.73. The predicted molar refractivity (Wildman–Crippen MR) is 105 cm³/mol. The lowest BCUT2D eigenvalue weighted by Gasteiger charge is -2.60. The zero-order valence-corrected chi connectivity index (χ0v) is 16.0. The maximum Gasteiger partial charge on any atom is 0.223 e. The molecule has 1 heterocycles. The Morgan fingerprint density at radius 1 is 1.15 bits per heavy atom. The number of fused-ring (bicyclic) bond motifs is 1. The second-order valence-electron chi connectivity index (χ2n) is 8.41. The lowest BCUT2D eigenvalue weighted by molar-refractivity contribution is -0.157. The molecule has 0 radical (unpaired) electrons. The molecule has 2 bridgehead atoms. The summed E-state index contributed by atoms with van der Waals surface area (Å²) in [6.07, 6.45) is 6.46. The first-order valence-corrected chi connectivity index (χ1v) is 10.2. The van der Waals surface area contributed by atoms with Crippen LogP contribution in [0.3, 0.4) is 0 Å². The van der Waals surface area contributed by atoms with E-state index < -0.39 is 0 Å². The van der Waals surface area contributed by atoms with Crippen molar-refractivity contribution in [3.05, 3.63) is 65.2 Å². The van der Waals surface area contributed by atoms with Gasteiger partial charge in [-0.05, 0) is 66.3 Å². The molecule has 140 valence electrons. The van der Waals surface area contributed by atoms with Gasteiger partial charge in [0.05, 0.1) is 12.6 Å². The smallest absolute Gasteiger partial charge is 0.223 e. The minimum atomic E-state index is -0.131. The van der Waals surface area contributed by atoms with Gasteiger partial charge >= 0.3 is 0 Å². The molecule has 1 amide bonds. The fourth-order valence-corrected chi connectivity index (χ4v) is 6.15. The van der Waals surface area contributed by atoms with Crippen LogP contribution in [0, 0.1) is 11.8 Å². The number of carbonyl (C=O) groups excluding carboxylic acids is 1. The first-order chi connectivity index (χ1) is 13.2. The van der Waals surface area contributed by atoms with Crippen LogP contribution in [0.1, 0.15) is 48.8 Å². The first-order valence-electron chi connectivity index (χ1n) is 10.2. The van der Waals surface area contributed by atoms with E-state index in [1.54, 1.807) is 7.11 Å². The molecule has 3 atom stereocenters. The van der Waals surface area contributed by atoms with Crippen LogP contribution >= 0.6 is 0 Å². The van der Waals surface area contributed by atoms with Crippen LogP contribution in [0.15, 0.2) is 48.5 Å². The monoisotopic (exact) mass is 361 g/mol. The molecule has 0 spiro atoms. The fourth-order valence-electron chi connectivity index (χ4n) is 6.15. The minimum Gasteiger partial charge on any atom is -0.497 e. The Hall–Kier alpha value is -2.29. The third-order valence-electron chi connectivity index (χ3n) is 7.21. The molecular formula is C24H27NO2. The summed E-state index contributed by atoms with van der Waals surface area (Å²) in [4.78, 5) is 15.4. The van der Waals surface area contributed by atoms with E-state index in [0.29, 0.717) is 30.7 Å². The highest BCUT2D eigenvalue weighted by atomic mass is 16.5. The normalized spacial score (nSPS) is 29.1. The topological polar surface area (TPSA) is 29.5 Å². The molecule has 3 heteroatoms. The third-order valence-corrected chi connectivity index (χ3v) is 7.21. The standard InChI is InChI=1S/C24H27NO2/c1-27-20-9-10-22-19(15-20)14-18-8-5-13-24(22)21(18)11-12-23(26)25(24)16-17-6-3-2-4-7-17/h2-4,6-7,9-10,15,18,21H,5,8,11-14,16H2,1H3/t18-,21-,24+/m1/s1. The van der Waals surface area contributed by atoms with Crippen molar-refractivity contribution in [1.82, 2.24) is 4.90 Å². The van der Waals surface area contributed by atoms with Crippen molar-refractivity contribution < 1.29 is 9.53 Å². The number of amides is 1. The van der Waals surface area contributed by atoms with E-state index in [-0.39, 0.29) is 5.54 Å². The largest absolute Gasteiger partial charge is 0.497 e. The van der Waals surface area contributed by atoms with Gasteiger partial charge in [0.25, 0.3) is 0 Å². The van der Waals surface area contributed by atoms with E-state index in [9.17, 15) is 4.79 Å². The van der Waals surface area contributed by atoms with E-state index >= 15 is 0 Å². The number of hydrogen-bond acceptors (Lipinski definition) is 2. The highest BCUT2D eigenvalue weighted by Crippen LogP contribution is 2.58. The molecule has 1 saturated carbocycles. The molecule has 2 aromatic rings. The molecule has 1 aliphatic heterocycles. The number of likely N-dealkylation sites (tertiary alicyclic amines) is 1. The summed E-state index contributed by atoms with van der Waals surface area (Å²) < 4.78 is 5.50. The van der Waals surface area contributed by atoms with Gasteiger partial charge in [0, 0.05) is 13.0 Å². The number of hydrogen-bond donors (Lipinski definition) is 0. The van der Waals surface area contributed by atoms with Crippen LogP contribution in [0.5, 0.6) is 5.75 Å². The number of nitrogens with zero attached hydrogens (tertiary/aromatic N) is 1. The Labute approximate surface area is 161 Å². The van der Waals surface area contributed by atoms with Gasteiger partial charge in [-0.1, -0.05) is 42.8 Å². The average molecular weight is 361 g/mol. The molecule has 3 aliphatic rings. The Morgan fingerprint density at radius 2 is 2.00 bits per heavy atom. The van der Waals surface area contributed by atoms with Crippen LogP contribution < -0.4 is 4.74 Å². The number of carbonyl (C=O) groups is 1. The molecule has 0 N–H and O–H groups in total. The van der Waals surface area contributed by atoms with Crippen LogP contribution in [-0.2, 0) is 23.3 Å². The van der Waals surface area contributed by atoms with Crippen molar-refractivity contribution >= 4 is 5.91 Å². The maximum absolute atomic E-state index is 13.2. The van der Waals surface area contributed by atoms with Crippen molar-refractivity contribution in [2.24, 2.45) is 11.8 Å². The Balaban J connectivity index is 1.65. The van der Waals surface area contributed by atoms with Gasteiger partial charge in [0.1, 0.15) is 5.75 Å². The fraction of sp³-hybridized carbons (Fsp3) is 0.458. The van der Waals surface area contributed by atoms with Crippen LogP contribution in [-0.4, -0.2) is 17.9 Å². The molecule has 2 aromatic carbocycles. The van der Waals surface area contributed by atoms with E-state index in [1.165, 1.54) is 29.5 Å². The van der Waals surface area contributed by atoms with Crippen molar-refractivity contribution in [3.8, 4) is 5.75 Å². The summed E-state index contributed by atoms with van der Waals surface area (Å²) in [6, 6.07) is 17.0. The molecule has 2 fully saturated rings. The van der Waals surface area contributed by atoms with Gasteiger partial charge in [0.2, 0.25) is 5.91 Å². The zero-order valence-electron chi connectivity index (χ0n) is 16.0. The number of ether oxygens (including phenoxy) is 1. The lowest BCUT2D eigenvalue weighted by Crippen LogP contribution is -2.62. The quantitative estimate of drug-likeness (QED) is 0.794. The second kappa shape index (κ2) is 6.40. The van der Waals surface area contributed by atoms with Crippen LogP contribution in [0.25, 0.3) is 0 Å². The zero-order chi connectivity index (χ0) is 18.4. The molecule has 0 unspecified atom stereocenters. The Kier molecular flexibility index (Phi) is 3.99. The number of rotatable bonds is 3. The number of methoxy groups -OCH3 is 1. The van der Waals surface area contributed by atoms with Gasteiger partial charge in [-0.15, -0.1) is 0 Å². The second-order valence-corrected chi connectivity index (χ2v) is 8.41. The molecule has 1 saturated heterocycles. The van der Waals surface area contributed by atoms with E-state index in [0.717, 1.165) is 25.0 Å². The Morgan fingerprint density at radius 3 is 2.81 bits per heavy atom. The molecule has 5 rings (SSSR count). The van der Waals surface area contributed by atoms with Gasteiger partial charge in [-0.25, -0.2) is 0 Å². The molecule has 0 aromatic heterocycles. The number of piperidine rings is 1. The summed E-state index contributed by atoms with van der Waals surface area (Å²) in [5, 5.41) is 0. The first kappa shape index (κ1) is 16.9. The SMILES string of the molecule is COc1ccc2c(c1)C[C@H]1CCC[C@]23[C@@H]1CCC(=O)N3Cc1ccccc1. The van der Waals surface area contributed by atoms with Gasteiger partial charge in [0.15, 0.2) is 0 Å².